The molecule has 2 aromatic rings. The van der Waals surface area contributed by atoms with Gasteiger partial charge in [-0.05, 0) is 51.3 Å². The molecule has 0 atom stereocenters. The SMILES string of the molecule is Cc1c(C(=O)NCCCc2ccccc2)nnn1C1CCNCC1.Cl. The smallest absolute Gasteiger partial charge is 0.273 e. The lowest BCUT2D eigenvalue weighted by Crippen LogP contribution is -2.30. The lowest BCUT2D eigenvalue weighted by atomic mass is 10.1. The van der Waals surface area contributed by atoms with Crippen LogP contribution in [0.1, 0.15) is 47.1 Å². The van der Waals surface area contributed by atoms with Gasteiger partial charge in [-0.15, -0.1) is 17.5 Å². The van der Waals surface area contributed by atoms with Gasteiger partial charge in [-0.25, -0.2) is 4.68 Å². The van der Waals surface area contributed by atoms with E-state index in [0.717, 1.165) is 44.5 Å². The van der Waals surface area contributed by atoms with Crippen LogP contribution in [0.25, 0.3) is 0 Å². The first-order valence-electron chi connectivity index (χ1n) is 8.70. The number of carbonyl (C=O) groups is 1. The molecule has 2 N–H and O–H groups in total. The van der Waals surface area contributed by atoms with Gasteiger partial charge in [0, 0.05) is 6.54 Å². The Labute approximate surface area is 154 Å². The highest BCUT2D eigenvalue weighted by atomic mass is 35.5. The Bertz CT molecular complexity index is 667. The molecular formula is C18H26ClN5O. The number of nitrogens with zero attached hydrogens (tertiary/aromatic N) is 3. The third-order valence-corrected chi connectivity index (χ3v) is 4.57. The fourth-order valence-electron chi connectivity index (χ4n) is 3.17. The maximum absolute atomic E-state index is 12.3. The number of rotatable bonds is 6. The summed E-state index contributed by atoms with van der Waals surface area (Å²) < 4.78 is 1.92. The largest absolute Gasteiger partial charge is 0.351 e. The molecule has 1 aromatic carbocycles. The van der Waals surface area contributed by atoms with Crippen LogP contribution >= 0.6 is 12.4 Å². The van der Waals surface area contributed by atoms with E-state index in [2.05, 4.69) is 33.1 Å². The van der Waals surface area contributed by atoms with Crippen LogP contribution in [0.15, 0.2) is 30.3 Å². The zero-order chi connectivity index (χ0) is 16.8. The molecule has 0 aliphatic carbocycles. The van der Waals surface area contributed by atoms with E-state index in [1.807, 2.05) is 29.8 Å². The molecule has 0 bridgehead atoms. The Hall–Kier alpha value is -1.92. The first-order valence-corrected chi connectivity index (χ1v) is 8.70. The number of halogens is 1. The molecular weight excluding hydrogens is 338 g/mol. The minimum Gasteiger partial charge on any atom is -0.351 e. The van der Waals surface area contributed by atoms with Crippen LogP contribution < -0.4 is 10.6 Å². The van der Waals surface area contributed by atoms with Crippen molar-refractivity contribution in [1.82, 2.24) is 25.6 Å². The molecule has 1 aliphatic rings. The quantitative estimate of drug-likeness (QED) is 0.772. The Morgan fingerprint density at radius 3 is 2.72 bits per heavy atom. The molecule has 1 aliphatic heterocycles. The Balaban J connectivity index is 0.00000225. The van der Waals surface area contributed by atoms with Gasteiger partial charge in [0.15, 0.2) is 5.69 Å². The number of hydrogen-bond acceptors (Lipinski definition) is 4. The molecule has 1 aromatic heterocycles. The van der Waals surface area contributed by atoms with Gasteiger partial charge >= 0.3 is 0 Å². The second-order valence-electron chi connectivity index (χ2n) is 6.29. The molecule has 0 radical (unpaired) electrons. The van der Waals surface area contributed by atoms with Crippen LogP contribution in [0.3, 0.4) is 0 Å². The summed E-state index contributed by atoms with van der Waals surface area (Å²) in [6, 6.07) is 10.7. The number of aromatic nitrogens is 3. The van der Waals surface area contributed by atoms with Crippen molar-refractivity contribution in [2.45, 2.75) is 38.6 Å². The van der Waals surface area contributed by atoms with Crippen molar-refractivity contribution in [2.75, 3.05) is 19.6 Å². The van der Waals surface area contributed by atoms with Crippen LogP contribution in [0.5, 0.6) is 0 Å². The number of piperidine rings is 1. The summed E-state index contributed by atoms with van der Waals surface area (Å²) in [6.45, 7) is 4.56. The minimum atomic E-state index is -0.124. The van der Waals surface area contributed by atoms with Gasteiger partial charge in [0.1, 0.15) is 0 Å². The van der Waals surface area contributed by atoms with Crippen LogP contribution in [0.4, 0.5) is 0 Å². The van der Waals surface area contributed by atoms with Crippen molar-refractivity contribution in [2.24, 2.45) is 0 Å². The van der Waals surface area contributed by atoms with Crippen molar-refractivity contribution in [3.8, 4) is 0 Å². The summed E-state index contributed by atoms with van der Waals surface area (Å²) in [6.07, 6.45) is 3.93. The zero-order valence-electron chi connectivity index (χ0n) is 14.6. The van der Waals surface area contributed by atoms with Crippen molar-refractivity contribution >= 4 is 18.3 Å². The summed E-state index contributed by atoms with van der Waals surface area (Å²) in [5.74, 6) is -0.124. The summed E-state index contributed by atoms with van der Waals surface area (Å²) in [5.41, 5.74) is 2.61. The fraction of sp³-hybridized carbons (Fsp3) is 0.500. The lowest BCUT2D eigenvalue weighted by molar-refractivity contribution is 0.0947. The van der Waals surface area contributed by atoms with Gasteiger partial charge in [-0.3, -0.25) is 4.79 Å². The molecule has 7 heteroatoms. The molecule has 0 spiro atoms. The van der Waals surface area contributed by atoms with E-state index in [0.29, 0.717) is 18.3 Å². The summed E-state index contributed by atoms with van der Waals surface area (Å²) in [4.78, 5) is 12.3. The predicted molar refractivity (Wildman–Crippen MR) is 100 cm³/mol. The summed E-state index contributed by atoms with van der Waals surface area (Å²) in [7, 11) is 0. The maximum Gasteiger partial charge on any atom is 0.273 e. The van der Waals surface area contributed by atoms with E-state index < -0.39 is 0 Å². The van der Waals surface area contributed by atoms with Gasteiger partial charge in [0.25, 0.3) is 5.91 Å². The van der Waals surface area contributed by atoms with E-state index in [1.54, 1.807) is 0 Å². The van der Waals surface area contributed by atoms with Crippen molar-refractivity contribution in [3.63, 3.8) is 0 Å². The average Bonchev–Trinajstić information content (AvgIpc) is 3.02. The Morgan fingerprint density at radius 1 is 1.28 bits per heavy atom. The number of aryl methyl sites for hydroxylation is 1. The van der Waals surface area contributed by atoms with Crippen LogP contribution in [-0.2, 0) is 6.42 Å². The van der Waals surface area contributed by atoms with Gasteiger partial charge < -0.3 is 10.6 Å². The van der Waals surface area contributed by atoms with Crippen molar-refractivity contribution < 1.29 is 4.79 Å². The fourth-order valence-corrected chi connectivity index (χ4v) is 3.17. The summed E-state index contributed by atoms with van der Waals surface area (Å²) in [5, 5.41) is 14.6. The van der Waals surface area contributed by atoms with Crippen LogP contribution in [-0.4, -0.2) is 40.5 Å². The van der Waals surface area contributed by atoms with Gasteiger partial charge in [-0.1, -0.05) is 35.5 Å². The molecule has 25 heavy (non-hydrogen) atoms. The maximum atomic E-state index is 12.3. The second-order valence-corrected chi connectivity index (χ2v) is 6.29. The molecule has 2 heterocycles. The number of hydrogen-bond donors (Lipinski definition) is 2. The third kappa shape index (κ3) is 5.03. The highest BCUT2D eigenvalue weighted by molar-refractivity contribution is 5.93. The first-order chi connectivity index (χ1) is 11.8. The molecule has 3 rings (SSSR count). The Kier molecular flexibility index (Phi) is 7.40. The lowest BCUT2D eigenvalue weighted by Gasteiger charge is -2.23. The van der Waals surface area contributed by atoms with Crippen molar-refractivity contribution in [3.05, 3.63) is 47.3 Å². The average molecular weight is 364 g/mol. The molecule has 136 valence electrons. The minimum absolute atomic E-state index is 0. The van der Waals surface area contributed by atoms with Gasteiger partial charge in [0.05, 0.1) is 11.7 Å². The Morgan fingerprint density at radius 2 is 2.00 bits per heavy atom. The van der Waals surface area contributed by atoms with Gasteiger partial charge in [0.2, 0.25) is 0 Å². The molecule has 0 saturated carbocycles. The van der Waals surface area contributed by atoms with E-state index in [9.17, 15) is 4.79 Å². The zero-order valence-corrected chi connectivity index (χ0v) is 15.4. The highest BCUT2D eigenvalue weighted by Crippen LogP contribution is 2.20. The number of amides is 1. The topological polar surface area (TPSA) is 71.8 Å². The van der Waals surface area contributed by atoms with E-state index in [-0.39, 0.29) is 18.3 Å². The van der Waals surface area contributed by atoms with E-state index in [1.165, 1.54) is 5.56 Å². The molecule has 1 saturated heterocycles. The van der Waals surface area contributed by atoms with Crippen LogP contribution in [0, 0.1) is 6.92 Å². The molecule has 1 amide bonds. The molecule has 0 unspecified atom stereocenters. The number of carbonyl (C=O) groups excluding carboxylic acids is 1. The monoisotopic (exact) mass is 363 g/mol. The van der Waals surface area contributed by atoms with Crippen LogP contribution in [0.2, 0.25) is 0 Å². The second kappa shape index (κ2) is 9.53. The number of benzene rings is 1. The summed E-state index contributed by atoms with van der Waals surface area (Å²) >= 11 is 0. The molecule has 6 nitrogen and oxygen atoms in total. The standard InChI is InChI=1S/C18H25N5O.ClH/c1-14-17(21-22-23(14)16-9-12-19-13-10-16)18(24)20-11-5-8-15-6-3-2-4-7-15;/h2-4,6-7,16,19H,5,8-13H2,1H3,(H,20,24);1H. The first kappa shape index (κ1) is 19.4. The third-order valence-electron chi connectivity index (χ3n) is 4.57. The predicted octanol–water partition coefficient (Wildman–Crippen LogP) is 2.30. The normalized spacial score (nSPS) is 14.8. The van der Waals surface area contributed by atoms with Crippen molar-refractivity contribution in [1.29, 1.82) is 0 Å². The highest BCUT2D eigenvalue weighted by Gasteiger charge is 2.22. The van der Waals surface area contributed by atoms with Gasteiger partial charge in [-0.2, -0.15) is 0 Å². The van der Waals surface area contributed by atoms with E-state index in [4.69, 9.17) is 0 Å². The van der Waals surface area contributed by atoms with E-state index >= 15 is 0 Å². The molecule has 1 fully saturated rings. The number of nitrogens with one attached hydrogen (secondary N) is 2.